The molecule has 9 nitrogen and oxygen atoms in total. The Morgan fingerprint density at radius 3 is 2.66 bits per heavy atom. The molecule has 0 aromatic heterocycles. The fraction of sp³-hybridized carbons (Fsp3) is 0.240. The van der Waals surface area contributed by atoms with Crippen molar-refractivity contribution in [3.8, 4) is 11.5 Å². The van der Waals surface area contributed by atoms with E-state index < -0.39 is 11.9 Å². The number of rotatable bonds is 4. The lowest BCUT2D eigenvalue weighted by Crippen LogP contribution is -2.35. The first kappa shape index (κ1) is 22.9. The zero-order valence-electron chi connectivity index (χ0n) is 19.3. The lowest BCUT2D eigenvalue weighted by Gasteiger charge is -2.20. The number of aryl methyl sites for hydroxylation is 1. The Bertz CT molecular complexity index is 1330. The number of benzene rings is 2. The summed E-state index contributed by atoms with van der Waals surface area (Å²) in [6.07, 6.45) is 3.77. The molecule has 2 aromatic rings. The van der Waals surface area contributed by atoms with Crippen LogP contribution in [-0.4, -0.2) is 58.2 Å². The Labute approximate surface area is 206 Å². The number of fused-ring (bicyclic) bond motifs is 1. The number of methoxy groups -OCH3 is 1. The number of nitrogens with zero attached hydrogens (tertiary/aromatic N) is 4. The van der Waals surface area contributed by atoms with Crippen LogP contribution in [0.5, 0.6) is 11.5 Å². The maximum Gasteiger partial charge on any atom is 0.343 e. The molecule has 5 rings (SSSR count). The zero-order chi connectivity index (χ0) is 24.5. The summed E-state index contributed by atoms with van der Waals surface area (Å²) in [6.45, 7) is 3.73. The molecule has 0 saturated carbocycles. The highest BCUT2D eigenvalue weighted by atomic mass is 32.2. The van der Waals surface area contributed by atoms with Crippen molar-refractivity contribution >= 4 is 45.9 Å². The van der Waals surface area contributed by atoms with Gasteiger partial charge in [0.15, 0.2) is 22.5 Å². The van der Waals surface area contributed by atoms with Crippen molar-refractivity contribution in [1.82, 2.24) is 9.91 Å². The Kier molecular flexibility index (Phi) is 6.12. The molecule has 0 spiro atoms. The normalized spacial score (nSPS) is 18.5. The van der Waals surface area contributed by atoms with Crippen LogP contribution in [0.15, 0.2) is 58.1 Å². The van der Waals surface area contributed by atoms with E-state index in [0.29, 0.717) is 22.0 Å². The quantitative estimate of drug-likeness (QED) is 0.394. The summed E-state index contributed by atoms with van der Waals surface area (Å²) in [4.78, 5) is 31.6. The third-order valence-electron chi connectivity index (χ3n) is 5.78. The van der Waals surface area contributed by atoms with Crippen LogP contribution in [0.4, 0.5) is 0 Å². The van der Waals surface area contributed by atoms with Gasteiger partial charge in [0, 0.05) is 13.1 Å². The van der Waals surface area contributed by atoms with Gasteiger partial charge in [-0.15, -0.1) is 5.10 Å². The van der Waals surface area contributed by atoms with Crippen molar-refractivity contribution in [3.63, 3.8) is 0 Å². The predicted molar refractivity (Wildman–Crippen MR) is 135 cm³/mol. The number of amidine groups is 3. The van der Waals surface area contributed by atoms with Gasteiger partial charge in [-0.2, -0.15) is 10.0 Å². The van der Waals surface area contributed by atoms with Gasteiger partial charge in [-0.1, -0.05) is 23.8 Å². The van der Waals surface area contributed by atoms with Crippen LogP contribution in [0.25, 0.3) is 6.08 Å². The number of carbonyl (C=O) groups is 2. The number of carbonyl (C=O) groups excluding carboxylic acids is 2. The molecule has 10 heteroatoms. The highest BCUT2D eigenvalue weighted by Crippen LogP contribution is 2.33. The number of nitrogens with one attached hydrogen (secondary N) is 1. The number of ether oxygens (including phenoxy) is 2. The number of aliphatic imine (C=N–C) groups is 1. The van der Waals surface area contributed by atoms with E-state index in [1.807, 2.05) is 13.0 Å². The van der Waals surface area contributed by atoms with E-state index in [0.717, 1.165) is 36.7 Å². The second-order valence-corrected chi connectivity index (χ2v) is 9.20. The molecule has 35 heavy (non-hydrogen) atoms. The summed E-state index contributed by atoms with van der Waals surface area (Å²) >= 11 is 1.31. The number of esters is 1. The van der Waals surface area contributed by atoms with Gasteiger partial charge in [0.1, 0.15) is 0 Å². The van der Waals surface area contributed by atoms with E-state index >= 15 is 0 Å². The van der Waals surface area contributed by atoms with E-state index in [4.69, 9.17) is 14.9 Å². The highest BCUT2D eigenvalue weighted by molar-refractivity contribution is 8.26. The highest BCUT2D eigenvalue weighted by Gasteiger charge is 2.37. The monoisotopic (exact) mass is 489 g/mol. The fourth-order valence-corrected chi connectivity index (χ4v) is 4.92. The lowest BCUT2D eigenvalue weighted by molar-refractivity contribution is -0.114. The zero-order valence-corrected chi connectivity index (χ0v) is 20.1. The molecule has 3 aliphatic rings. The van der Waals surface area contributed by atoms with E-state index in [1.165, 1.54) is 23.9 Å². The molecular formula is C25H23N5O4S. The smallest absolute Gasteiger partial charge is 0.343 e. The molecule has 2 aromatic carbocycles. The third kappa shape index (κ3) is 4.57. The SMILES string of the molecule is COc1cc(/C=C2/C(=N)N3N=C(N4CCCC4)SC3=NC2=O)ccc1OC(=O)c1cccc(C)c1. The number of hydrogen-bond acceptors (Lipinski definition) is 8. The summed E-state index contributed by atoms with van der Waals surface area (Å²) < 4.78 is 10.9. The van der Waals surface area contributed by atoms with Gasteiger partial charge < -0.3 is 14.4 Å². The number of hydrazone groups is 1. The maximum absolute atomic E-state index is 12.7. The molecule has 3 heterocycles. The molecule has 0 aliphatic carbocycles. The minimum atomic E-state index is -0.499. The number of hydrogen-bond donors (Lipinski definition) is 1. The first-order valence-corrected chi connectivity index (χ1v) is 12.0. The van der Waals surface area contributed by atoms with Gasteiger partial charge in [-0.25, -0.2) is 4.79 Å². The van der Waals surface area contributed by atoms with Crippen LogP contribution in [0.2, 0.25) is 0 Å². The van der Waals surface area contributed by atoms with E-state index in [9.17, 15) is 9.59 Å². The lowest BCUT2D eigenvalue weighted by atomic mass is 10.1. The van der Waals surface area contributed by atoms with Gasteiger partial charge in [-0.3, -0.25) is 10.2 Å². The van der Waals surface area contributed by atoms with Crippen molar-refractivity contribution in [2.45, 2.75) is 19.8 Å². The Hall–Kier alpha value is -3.92. The average Bonchev–Trinajstić information content (AvgIpc) is 3.53. The van der Waals surface area contributed by atoms with E-state index in [1.54, 1.807) is 42.5 Å². The number of likely N-dealkylation sites (tertiary alicyclic amines) is 1. The van der Waals surface area contributed by atoms with Gasteiger partial charge in [0.25, 0.3) is 5.91 Å². The van der Waals surface area contributed by atoms with Crippen LogP contribution < -0.4 is 9.47 Å². The molecule has 1 amide bonds. The van der Waals surface area contributed by atoms with E-state index in [-0.39, 0.29) is 17.2 Å². The van der Waals surface area contributed by atoms with E-state index in [2.05, 4.69) is 15.0 Å². The molecular weight excluding hydrogens is 466 g/mol. The average molecular weight is 490 g/mol. The van der Waals surface area contributed by atoms with Crippen LogP contribution in [0, 0.1) is 12.3 Å². The molecule has 1 saturated heterocycles. The van der Waals surface area contributed by atoms with Crippen LogP contribution in [0.1, 0.15) is 34.3 Å². The van der Waals surface area contributed by atoms with Crippen molar-refractivity contribution < 1.29 is 19.1 Å². The van der Waals surface area contributed by atoms with Crippen molar-refractivity contribution in [2.75, 3.05) is 20.2 Å². The summed E-state index contributed by atoms with van der Waals surface area (Å²) in [5.74, 6) is -0.453. The summed E-state index contributed by atoms with van der Waals surface area (Å²) in [5, 5.41) is 15.7. The Morgan fingerprint density at radius 1 is 1.11 bits per heavy atom. The van der Waals surface area contributed by atoms with Crippen molar-refractivity contribution in [1.29, 1.82) is 5.41 Å². The van der Waals surface area contributed by atoms with Gasteiger partial charge >= 0.3 is 5.97 Å². The first-order valence-electron chi connectivity index (χ1n) is 11.1. The molecule has 0 atom stereocenters. The molecule has 1 fully saturated rings. The standard InChI is InChI=1S/C25H23N5O4S/c1-15-6-5-7-17(12-15)23(32)34-19-9-8-16(14-20(19)33-2)13-18-21(26)30-24(27-22(18)31)35-25(28-30)29-10-3-4-11-29/h5-9,12-14,26H,3-4,10-11H2,1-2H3/b18-13-,26-21?. The topological polar surface area (TPSA) is 108 Å². The summed E-state index contributed by atoms with van der Waals surface area (Å²) in [6, 6.07) is 12.0. The predicted octanol–water partition coefficient (Wildman–Crippen LogP) is 3.90. The molecule has 178 valence electrons. The first-order chi connectivity index (χ1) is 16.9. The van der Waals surface area contributed by atoms with Crippen molar-refractivity contribution in [3.05, 3.63) is 64.7 Å². The van der Waals surface area contributed by atoms with Crippen LogP contribution in [0.3, 0.4) is 0 Å². The Morgan fingerprint density at radius 2 is 1.91 bits per heavy atom. The minimum absolute atomic E-state index is 0.0318. The summed E-state index contributed by atoms with van der Waals surface area (Å²) in [7, 11) is 1.47. The van der Waals surface area contributed by atoms with Crippen molar-refractivity contribution in [2.24, 2.45) is 10.1 Å². The van der Waals surface area contributed by atoms with Gasteiger partial charge in [0.05, 0.1) is 18.2 Å². The largest absolute Gasteiger partial charge is 0.493 e. The third-order valence-corrected chi connectivity index (χ3v) is 6.74. The van der Waals surface area contributed by atoms with Gasteiger partial charge in [0.2, 0.25) is 5.17 Å². The molecule has 3 aliphatic heterocycles. The molecule has 1 N–H and O–H groups in total. The second kappa shape index (κ2) is 9.38. The molecule has 0 unspecified atom stereocenters. The molecule has 0 bridgehead atoms. The summed E-state index contributed by atoms with van der Waals surface area (Å²) in [5.41, 5.74) is 2.10. The minimum Gasteiger partial charge on any atom is -0.493 e. The van der Waals surface area contributed by atoms with Crippen LogP contribution >= 0.6 is 11.8 Å². The molecule has 0 radical (unpaired) electrons. The number of amides is 1. The maximum atomic E-state index is 12.7. The Balaban J connectivity index is 1.38. The number of thioether (sulfide) groups is 1. The fourth-order valence-electron chi connectivity index (χ4n) is 3.97. The second-order valence-electron chi connectivity index (χ2n) is 8.27. The van der Waals surface area contributed by atoms with Crippen LogP contribution in [-0.2, 0) is 4.79 Å². The van der Waals surface area contributed by atoms with Gasteiger partial charge in [-0.05, 0) is 67.4 Å².